The quantitative estimate of drug-likeness (QED) is 0.499. The first kappa shape index (κ1) is 16.5. The van der Waals surface area contributed by atoms with Crippen LogP contribution in [0.3, 0.4) is 0 Å². The number of amides is 4. The zero-order valence-electron chi connectivity index (χ0n) is 11.1. The van der Waals surface area contributed by atoms with E-state index in [-0.39, 0.29) is 5.56 Å². The molecule has 0 spiro atoms. The Labute approximate surface area is 126 Å². The van der Waals surface area contributed by atoms with Crippen molar-refractivity contribution < 1.29 is 36.7 Å². The molecule has 0 atom stereocenters. The number of barbiturate groups is 1. The minimum Gasteiger partial charge on any atom is -0.428 e. The number of ether oxygens (including phenoxy) is 1. The summed E-state index contributed by atoms with van der Waals surface area (Å²) >= 11 is 0. The minimum atomic E-state index is -4.68. The molecule has 1 heterocycles. The Balaban J connectivity index is 2.26. The molecule has 10 heteroatoms. The van der Waals surface area contributed by atoms with Crippen LogP contribution >= 0.6 is 0 Å². The molecule has 6 nitrogen and oxygen atoms in total. The Hall–Kier alpha value is -2.91. The summed E-state index contributed by atoms with van der Waals surface area (Å²) in [5, 5.41) is 3.64. The Kier molecular flexibility index (Phi) is 4.34. The number of imide groups is 2. The number of urea groups is 1. The molecule has 1 fully saturated rings. The van der Waals surface area contributed by atoms with Crippen LogP contribution in [-0.4, -0.2) is 30.4 Å². The van der Waals surface area contributed by atoms with Gasteiger partial charge in [0.15, 0.2) is 0 Å². The number of nitrogens with one attached hydrogen (secondary N) is 2. The number of halogens is 4. The van der Waals surface area contributed by atoms with Gasteiger partial charge in [-0.1, -0.05) is 12.1 Å². The molecular weight excluding hydrogens is 324 g/mol. The van der Waals surface area contributed by atoms with Gasteiger partial charge < -0.3 is 4.74 Å². The second-order valence-corrected chi connectivity index (χ2v) is 4.33. The highest BCUT2D eigenvalue weighted by Gasteiger charge is 2.44. The molecule has 23 heavy (non-hydrogen) atoms. The summed E-state index contributed by atoms with van der Waals surface area (Å²) in [5.74, 6) is -2.55. The fourth-order valence-electron chi connectivity index (χ4n) is 1.64. The summed E-state index contributed by atoms with van der Waals surface area (Å²) in [6.45, 7) is 0. The number of benzene rings is 1. The van der Waals surface area contributed by atoms with Crippen molar-refractivity contribution in [3.05, 3.63) is 35.4 Å². The Morgan fingerprint density at radius 2 is 1.70 bits per heavy atom. The molecule has 1 aromatic rings. The lowest BCUT2D eigenvalue weighted by molar-refractivity contribution is -0.253. The molecule has 0 aliphatic carbocycles. The molecular formula is C13H8F4N2O4. The lowest BCUT2D eigenvalue weighted by Gasteiger charge is -2.17. The van der Waals surface area contributed by atoms with Crippen molar-refractivity contribution >= 4 is 23.9 Å². The van der Waals surface area contributed by atoms with Crippen LogP contribution < -0.4 is 15.4 Å². The largest absolute Gasteiger partial charge is 0.461 e. The van der Waals surface area contributed by atoms with Crippen LogP contribution in [-0.2, 0) is 9.59 Å². The van der Waals surface area contributed by atoms with Crippen LogP contribution in [0.2, 0.25) is 0 Å². The van der Waals surface area contributed by atoms with E-state index in [1.807, 2.05) is 10.6 Å². The monoisotopic (exact) mass is 332 g/mol. The molecule has 1 aliphatic rings. The van der Waals surface area contributed by atoms with Gasteiger partial charge in [-0.3, -0.25) is 20.2 Å². The summed E-state index contributed by atoms with van der Waals surface area (Å²) in [6.07, 6.45) is -7.71. The zero-order chi connectivity index (χ0) is 17.2. The summed E-state index contributed by atoms with van der Waals surface area (Å²) in [7, 11) is 0. The van der Waals surface area contributed by atoms with Gasteiger partial charge in [0.2, 0.25) is 0 Å². The Morgan fingerprint density at radius 3 is 2.26 bits per heavy atom. The fourth-order valence-corrected chi connectivity index (χ4v) is 1.64. The van der Waals surface area contributed by atoms with Crippen LogP contribution in [0, 0.1) is 0 Å². The van der Waals surface area contributed by atoms with E-state index >= 15 is 0 Å². The van der Waals surface area contributed by atoms with Crippen molar-refractivity contribution in [1.29, 1.82) is 0 Å². The van der Waals surface area contributed by atoms with Crippen LogP contribution in [0.5, 0.6) is 5.75 Å². The molecule has 0 radical (unpaired) electrons. The van der Waals surface area contributed by atoms with Gasteiger partial charge >= 0.3 is 18.6 Å². The SMILES string of the molecule is O=C1NC(=O)C(=Cc2cccc(OC(F)(F)C(F)F)c2)C(=O)N1. The number of carbonyl (C=O) groups excluding carboxylic acids is 3. The zero-order valence-corrected chi connectivity index (χ0v) is 11.1. The van der Waals surface area contributed by atoms with Gasteiger partial charge in [-0.2, -0.15) is 17.6 Å². The van der Waals surface area contributed by atoms with Crippen molar-refractivity contribution in [1.82, 2.24) is 10.6 Å². The van der Waals surface area contributed by atoms with E-state index in [1.165, 1.54) is 12.1 Å². The van der Waals surface area contributed by atoms with Gasteiger partial charge in [-0.15, -0.1) is 0 Å². The van der Waals surface area contributed by atoms with E-state index in [0.717, 1.165) is 18.2 Å². The summed E-state index contributed by atoms with van der Waals surface area (Å²) in [5.41, 5.74) is -0.399. The normalized spacial score (nSPS) is 15.3. The fraction of sp³-hybridized carbons (Fsp3) is 0.154. The Morgan fingerprint density at radius 1 is 1.09 bits per heavy atom. The summed E-state index contributed by atoms with van der Waals surface area (Å²) in [6, 6.07) is 3.46. The van der Waals surface area contributed by atoms with Gasteiger partial charge in [0, 0.05) is 0 Å². The van der Waals surface area contributed by atoms with Gasteiger partial charge in [-0.05, 0) is 23.8 Å². The number of rotatable bonds is 4. The third-order valence-electron chi connectivity index (χ3n) is 2.62. The lowest BCUT2D eigenvalue weighted by atomic mass is 10.1. The third-order valence-corrected chi connectivity index (χ3v) is 2.62. The van der Waals surface area contributed by atoms with E-state index in [2.05, 4.69) is 4.74 Å². The highest BCUT2D eigenvalue weighted by molar-refractivity contribution is 6.31. The molecule has 0 unspecified atom stereocenters. The number of alkyl halides is 4. The van der Waals surface area contributed by atoms with E-state index in [1.54, 1.807) is 0 Å². The van der Waals surface area contributed by atoms with E-state index in [4.69, 9.17) is 0 Å². The van der Waals surface area contributed by atoms with Crippen LogP contribution in [0.25, 0.3) is 6.08 Å². The first-order valence-corrected chi connectivity index (χ1v) is 6.02. The van der Waals surface area contributed by atoms with Crippen molar-refractivity contribution in [3.63, 3.8) is 0 Å². The first-order valence-electron chi connectivity index (χ1n) is 6.02. The van der Waals surface area contributed by atoms with Crippen molar-refractivity contribution in [3.8, 4) is 5.75 Å². The highest BCUT2D eigenvalue weighted by atomic mass is 19.3. The third kappa shape index (κ3) is 3.84. The van der Waals surface area contributed by atoms with E-state index in [9.17, 15) is 31.9 Å². The topological polar surface area (TPSA) is 84.5 Å². The predicted molar refractivity (Wildman–Crippen MR) is 67.7 cm³/mol. The average molecular weight is 332 g/mol. The minimum absolute atomic E-state index is 0.0576. The van der Waals surface area contributed by atoms with Gasteiger partial charge in [0.05, 0.1) is 0 Å². The summed E-state index contributed by atoms with van der Waals surface area (Å²) in [4.78, 5) is 33.9. The number of carbonyl (C=O) groups is 3. The van der Waals surface area contributed by atoms with Crippen molar-refractivity contribution in [2.75, 3.05) is 0 Å². The highest BCUT2D eigenvalue weighted by Crippen LogP contribution is 2.28. The maximum atomic E-state index is 12.8. The van der Waals surface area contributed by atoms with E-state index in [0.29, 0.717) is 0 Å². The molecule has 1 saturated heterocycles. The van der Waals surface area contributed by atoms with Crippen molar-refractivity contribution in [2.24, 2.45) is 0 Å². The lowest BCUT2D eigenvalue weighted by Crippen LogP contribution is -2.51. The van der Waals surface area contributed by atoms with Crippen LogP contribution in [0.15, 0.2) is 29.8 Å². The molecule has 122 valence electrons. The molecule has 0 saturated carbocycles. The predicted octanol–water partition coefficient (Wildman–Crippen LogP) is 1.67. The second kappa shape index (κ2) is 6.07. The smallest absolute Gasteiger partial charge is 0.428 e. The van der Waals surface area contributed by atoms with Gasteiger partial charge in [0.25, 0.3) is 11.8 Å². The van der Waals surface area contributed by atoms with Crippen LogP contribution in [0.1, 0.15) is 5.56 Å². The molecule has 1 aliphatic heterocycles. The standard InChI is InChI=1S/C13H8F4N2O4/c14-11(15)13(16,17)23-7-3-1-2-6(4-7)5-8-9(20)18-12(22)19-10(8)21/h1-5,11H,(H2,18,19,20,21,22). The van der Waals surface area contributed by atoms with Gasteiger partial charge in [0.1, 0.15) is 11.3 Å². The molecule has 0 bridgehead atoms. The maximum absolute atomic E-state index is 12.8. The second-order valence-electron chi connectivity index (χ2n) is 4.33. The molecule has 1 aromatic carbocycles. The van der Waals surface area contributed by atoms with E-state index < -0.39 is 41.7 Å². The average Bonchev–Trinajstić information content (AvgIpc) is 2.42. The van der Waals surface area contributed by atoms with Crippen molar-refractivity contribution in [2.45, 2.75) is 12.5 Å². The molecule has 2 rings (SSSR count). The van der Waals surface area contributed by atoms with Crippen LogP contribution in [0.4, 0.5) is 22.4 Å². The molecule has 4 amide bonds. The maximum Gasteiger partial charge on any atom is 0.461 e. The summed E-state index contributed by atoms with van der Waals surface area (Å²) < 4.78 is 53.7. The molecule has 0 aromatic heterocycles. The Bertz CT molecular complexity index is 681. The van der Waals surface area contributed by atoms with Gasteiger partial charge in [-0.25, -0.2) is 4.79 Å². The first-order chi connectivity index (χ1) is 10.7. The number of hydrogen-bond acceptors (Lipinski definition) is 4. The number of hydrogen-bond donors (Lipinski definition) is 2. The molecule has 2 N–H and O–H groups in total.